The van der Waals surface area contributed by atoms with Crippen LogP contribution in [0, 0.1) is 0 Å². The molecular weight excluding hydrogens is 256 g/mol. The molecule has 0 spiro atoms. The molecule has 0 bridgehead atoms. The quantitative estimate of drug-likeness (QED) is 0.835. The number of nitrogens with zero attached hydrogens (tertiary/aromatic N) is 1. The number of hydrogen-bond acceptors (Lipinski definition) is 3. The molecule has 1 heterocycles. The molecule has 0 fully saturated rings. The maximum atomic E-state index is 12.2. The predicted molar refractivity (Wildman–Crippen MR) is 81.4 cm³/mol. The van der Waals surface area contributed by atoms with Gasteiger partial charge in [-0.2, -0.15) is 11.8 Å². The van der Waals surface area contributed by atoms with Gasteiger partial charge in [0.05, 0.1) is 6.04 Å². The summed E-state index contributed by atoms with van der Waals surface area (Å²) in [5, 5.41) is 3.05. The zero-order chi connectivity index (χ0) is 13.7. The molecule has 4 heteroatoms. The third-order valence-electron chi connectivity index (χ3n) is 3.61. The minimum Gasteiger partial charge on any atom is -0.355 e. The van der Waals surface area contributed by atoms with Crippen LogP contribution in [0.1, 0.15) is 17.5 Å². The van der Waals surface area contributed by atoms with Crippen LogP contribution in [0.15, 0.2) is 24.3 Å². The fraction of sp³-hybridized carbons (Fsp3) is 0.533. The van der Waals surface area contributed by atoms with Crippen molar-refractivity contribution in [2.45, 2.75) is 25.4 Å². The summed E-state index contributed by atoms with van der Waals surface area (Å²) in [6.45, 7) is 1.64. The fourth-order valence-corrected chi connectivity index (χ4v) is 2.93. The van der Waals surface area contributed by atoms with Gasteiger partial charge in [0.1, 0.15) is 0 Å². The van der Waals surface area contributed by atoms with E-state index in [9.17, 15) is 4.79 Å². The zero-order valence-electron chi connectivity index (χ0n) is 11.7. The summed E-state index contributed by atoms with van der Waals surface area (Å²) in [5.41, 5.74) is 2.65. The Balaban J connectivity index is 1.92. The molecule has 1 aromatic rings. The van der Waals surface area contributed by atoms with E-state index in [1.807, 2.05) is 18.8 Å². The predicted octanol–water partition coefficient (Wildman–Crippen LogP) is 1.91. The summed E-state index contributed by atoms with van der Waals surface area (Å²) in [7, 11) is 2.03. The molecule has 1 aliphatic heterocycles. The van der Waals surface area contributed by atoms with E-state index in [-0.39, 0.29) is 11.9 Å². The number of nitrogens with one attached hydrogen (secondary N) is 1. The minimum atomic E-state index is -0.0239. The first-order valence-electron chi connectivity index (χ1n) is 6.76. The fourth-order valence-electron chi connectivity index (χ4n) is 2.49. The molecule has 1 aromatic carbocycles. The van der Waals surface area contributed by atoms with Gasteiger partial charge >= 0.3 is 0 Å². The Hall–Kier alpha value is -1.00. The van der Waals surface area contributed by atoms with E-state index in [2.05, 4.69) is 40.7 Å². The minimum absolute atomic E-state index is 0.0239. The Labute approximate surface area is 119 Å². The molecule has 1 amide bonds. The Morgan fingerprint density at radius 2 is 2.16 bits per heavy atom. The third-order valence-corrected chi connectivity index (χ3v) is 4.31. The molecule has 3 nitrogen and oxygen atoms in total. The van der Waals surface area contributed by atoms with E-state index in [1.54, 1.807) is 0 Å². The average molecular weight is 278 g/mol. The van der Waals surface area contributed by atoms with Crippen LogP contribution in [-0.2, 0) is 17.8 Å². The lowest BCUT2D eigenvalue weighted by Gasteiger charge is -2.33. The van der Waals surface area contributed by atoms with Gasteiger partial charge in [-0.05, 0) is 43.0 Å². The number of likely N-dealkylation sites (N-methyl/N-ethyl adjacent to an activating group) is 1. The van der Waals surface area contributed by atoms with E-state index >= 15 is 0 Å². The molecule has 0 saturated heterocycles. The van der Waals surface area contributed by atoms with Gasteiger partial charge in [0.25, 0.3) is 0 Å². The van der Waals surface area contributed by atoms with Crippen LogP contribution in [0.2, 0.25) is 0 Å². The average Bonchev–Trinajstić information content (AvgIpc) is 2.42. The van der Waals surface area contributed by atoms with Crippen LogP contribution in [0.25, 0.3) is 0 Å². The maximum Gasteiger partial charge on any atom is 0.237 e. The number of hydrogen-bond donors (Lipinski definition) is 1. The van der Waals surface area contributed by atoms with Gasteiger partial charge in [-0.3, -0.25) is 9.69 Å². The summed E-state index contributed by atoms with van der Waals surface area (Å²) in [4.78, 5) is 14.4. The molecule has 0 saturated carbocycles. The molecule has 2 rings (SSSR count). The van der Waals surface area contributed by atoms with E-state index in [1.165, 1.54) is 11.1 Å². The third kappa shape index (κ3) is 3.74. The first-order chi connectivity index (χ1) is 9.22. The van der Waals surface area contributed by atoms with Crippen molar-refractivity contribution >= 4 is 17.7 Å². The first kappa shape index (κ1) is 14.4. The second-order valence-corrected chi connectivity index (χ2v) is 6.03. The van der Waals surface area contributed by atoms with Gasteiger partial charge in [-0.1, -0.05) is 24.3 Å². The normalized spacial score (nSPS) is 18.9. The van der Waals surface area contributed by atoms with Crippen LogP contribution in [0.4, 0.5) is 0 Å². The molecule has 104 valence electrons. The van der Waals surface area contributed by atoms with Crippen LogP contribution < -0.4 is 5.32 Å². The lowest BCUT2D eigenvalue weighted by Crippen LogP contribution is -2.48. The molecule has 19 heavy (non-hydrogen) atoms. The second kappa shape index (κ2) is 6.96. The topological polar surface area (TPSA) is 32.3 Å². The van der Waals surface area contributed by atoms with E-state index < -0.39 is 0 Å². The molecule has 1 N–H and O–H groups in total. The van der Waals surface area contributed by atoms with Gasteiger partial charge in [0.2, 0.25) is 5.91 Å². The molecule has 0 aromatic heterocycles. The number of carbonyl (C=O) groups excluding carboxylic acids is 1. The Morgan fingerprint density at radius 1 is 1.42 bits per heavy atom. The maximum absolute atomic E-state index is 12.2. The van der Waals surface area contributed by atoms with Crippen molar-refractivity contribution in [2.24, 2.45) is 0 Å². The van der Waals surface area contributed by atoms with Gasteiger partial charge < -0.3 is 5.32 Å². The van der Waals surface area contributed by atoms with Crippen molar-refractivity contribution in [1.29, 1.82) is 0 Å². The lowest BCUT2D eigenvalue weighted by molar-refractivity contribution is -0.126. The van der Waals surface area contributed by atoms with Crippen molar-refractivity contribution in [3.05, 3.63) is 35.4 Å². The van der Waals surface area contributed by atoms with Crippen molar-refractivity contribution in [1.82, 2.24) is 10.2 Å². The van der Waals surface area contributed by atoms with Crippen LogP contribution in [0.5, 0.6) is 0 Å². The molecule has 0 aliphatic carbocycles. The number of thioether (sulfide) groups is 1. The zero-order valence-corrected chi connectivity index (χ0v) is 12.5. The van der Waals surface area contributed by atoms with Crippen LogP contribution in [0.3, 0.4) is 0 Å². The first-order valence-corrected chi connectivity index (χ1v) is 8.15. The monoisotopic (exact) mass is 278 g/mol. The van der Waals surface area contributed by atoms with Gasteiger partial charge in [-0.15, -0.1) is 0 Å². The van der Waals surface area contributed by atoms with Crippen LogP contribution in [-0.4, -0.2) is 42.4 Å². The molecule has 0 radical (unpaired) electrons. The number of amides is 1. The van der Waals surface area contributed by atoms with Gasteiger partial charge in [-0.25, -0.2) is 0 Å². The standard InChI is InChI=1S/C15H22N2OS/c1-17-11-13-7-4-3-6-12(13)10-14(17)15(18)16-8-5-9-19-2/h3-4,6-7,14H,5,8-11H2,1-2H3,(H,16,18). The largest absolute Gasteiger partial charge is 0.355 e. The van der Waals surface area contributed by atoms with E-state index in [4.69, 9.17) is 0 Å². The van der Waals surface area contributed by atoms with Crippen molar-refractivity contribution in [3.63, 3.8) is 0 Å². The number of fused-ring (bicyclic) bond motifs is 1. The lowest BCUT2D eigenvalue weighted by atomic mass is 9.94. The summed E-state index contributed by atoms with van der Waals surface area (Å²) >= 11 is 1.82. The molecule has 1 aliphatic rings. The highest BCUT2D eigenvalue weighted by atomic mass is 32.2. The molecular formula is C15H22N2OS. The Bertz CT molecular complexity index is 436. The summed E-state index contributed by atoms with van der Waals surface area (Å²) in [6, 6.07) is 8.38. The smallest absolute Gasteiger partial charge is 0.237 e. The Kier molecular flexibility index (Phi) is 5.28. The Morgan fingerprint density at radius 3 is 2.89 bits per heavy atom. The highest BCUT2D eigenvalue weighted by Gasteiger charge is 2.28. The summed E-state index contributed by atoms with van der Waals surface area (Å²) in [5.74, 6) is 1.27. The summed E-state index contributed by atoms with van der Waals surface area (Å²) in [6.07, 6.45) is 3.95. The molecule has 1 atom stereocenters. The van der Waals surface area contributed by atoms with E-state index in [0.717, 1.165) is 31.7 Å². The SMILES string of the molecule is CSCCCNC(=O)C1Cc2ccccc2CN1C. The number of rotatable bonds is 5. The highest BCUT2D eigenvalue weighted by molar-refractivity contribution is 7.98. The van der Waals surface area contributed by atoms with Crippen LogP contribution >= 0.6 is 11.8 Å². The van der Waals surface area contributed by atoms with Gasteiger partial charge in [0, 0.05) is 13.1 Å². The van der Waals surface area contributed by atoms with Gasteiger partial charge in [0.15, 0.2) is 0 Å². The highest BCUT2D eigenvalue weighted by Crippen LogP contribution is 2.21. The van der Waals surface area contributed by atoms with Crippen molar-refractivity contribution < 1.29 is 4.79 Å². The second-order valence-electron chi connectivity index (χ2n) is 5.04. The van der Waals surface area contributed by atoms with Crippen molar-refractivity contribution in [2.75, 3.05) is 25.6 Å². The van der Waals surface area contributed by atoms with Crippen molar-refractivity contribution in [3.8, 4) is 0 Å². The summed E-state index contributed by atoms with van der Waals surface area (Å²) < 4.78 is 0. The number of carbonyl (C=O) groups is 1. The molecule has 1 unspecified atom stereocenters. The number of benzene rings is 1. The van der Waals surface area contributed by atoms with E-state index in [0.29, 0.717) is 0 Å².